The van der Waals surface area contributed by atoms with Gasteiger partial charge in [0, 0.05) is 13.1 Å². The van der Waals surface area contributed by atoms with E-state index in [0.29, 0.717) is 5.92 Å². The Morgan fingerprint density at radius 3 is 2.42 bits per heavy atom. The Hall–Kier alpha value is -1.35. The number of carboxylic acids is 1. The van der Waals surface area contributed by atoms with Gasteiger partial charge in [-0.15, -0.1) is 0 Å². The molecule has 0 amide bonds. The predicted octanol–water partition coefficient (Wildman–Crippen LogP) is 3.11. The van der Waals surface area contributed by atoms with Crippen LogP contribution in [-0.2, 0) is 11.3 Å². The largest absolute Gasteiger partial charge is 0.480 e. The van der Waals surface area contributed by atoms with E-state index in [1.54, 1.807) is 0 Å². The van der Waals surface area contributed by atoms with Gasteiger partial charge in [0.1, 0.15) is 0 Å². The lowest BCUT2D eigenvalue weighted by Gasteiger charge is -2.22. The number of nitrogens with zero attached hydrogens (tertiary/aromatic N) is 1. The molecule has 19 heavy (non-hydrogen) atoms. The lowest BCUT2D eigenvalue weighted by Crippen LogP contribution is -2.32. The SMILES string of the molecule is CC(C)CN(CC(=O)O)Cc1ccc(C2CC2)cc1. The number of benzene rings is 1. The highest BCUT2D eigenvalue weighted by atomic mass is 16.4. The molecule has 1 saturated carbocycles. The predicted molar refractivity (Wildman–Crippen MR) is 76.2 cm³/mol. The van der Waals surface area contributed by atoms with Crippen molar-refractivity contribution in [1.29, 1.82) is 0 Å². The molecule has 3 heteroatoms. The van der Waals surface area contributed by atoms with Gasteiger partial charge in [-0.25, -0.2) is 0 Å². The first-order valence-corrected chi connectivity index (χ1v) is 7.07. The number of aliphatic carboxylic acids is 1. The number of carbonyl (C=O) groups is 1. The van der Waals surface area contributed by atoms with Crippen molar-refractivity contribution in [1.82, 2.24) is 4.90 Å². The Morgan fingerprint density at radius 2 is 1.95 bits per heavy atom. The molecule has 0 heterocycles. The lowest BCUT2D eigenvalue weighted by molar-refractivity contribution is -0.138. The summed E-state index contributed by atoms with van der Waals surface area (Å²) in [7, 11) is 0. The van der Waals surface area contributed by atoms with Crippen LogP contribution < -0.4 is 0 Å². The fraction of sp³-hybridized carbons (Fsp3) is 0.562. The van der Waals surface area contributed by atoms with Crippen LogP contribution in [0.25, 0.3) is 0 Å². The second kappa shape index (κ2) is 6.20. The Kier molecular flexibility index (Phi) is 4.59. The lowest BCUT2D eigenvalue weighted by atomic mass is 10.1. The second-order valence-electron chi connectivity index (χ2n) is 5.97. The molecule has 0 saturated heterocycles. The van der Waals surface area contributed by atoms with Crippen LogP contribution in [0.5, 0.6) is 0 Å². The second-order valence-corrected chi connectivity index (χ2v) is 5.97. The van der Waals surface area contributed by atoms with Crippen LogP contribution in [0.4, 0.5) is 0 Å². The third-order valence-electron chi connectivity index (χ3n) is 3.42. The van der Waals surface area contributed by atoms with Gasteiger partial charge in [-0.3, -0.25) is 9.69 Å². The van der Waals surface area contributed by atoms with Crippen molar-refractivity contribution in [2.75, 3.05) is 13.1 Å². The average molecular weight is 261 g/mol. The van der Waals surface area contributed by atoms with Crippen molar-refractivity contribution < 1.29 is 9.90 Å². The number of hydrogen-bond acceptors (Lipinski definition) is 2. The topological polar surface area (TPSA) is 40.5 Å². The zero-order valence-electron chi connectivity index (χ0n) is 11.8. The van der Waals surface area contributed by atoms with Crippen LogP contribution in [0.3, 0.4) is 0 Å². The molecule has 3 nitrogen and oxygen atoms in total. The molecular formula is C16H23NO2. The molecular weight excluding hydrogens is 238 g/mol. The minimum atomic E-state index is -0.754. The fourth-order valence-corrected chi connectivity index (χ4v) is 2.46. The van der Waals surface area contributed by atoms with E-state index in [9.17, 15) is 4.79 Å². The summed E-state index contributed by atoms with van der Waals surface area (Å²) in [4.78, 5) is 12.9. The zero-order valence-corrected chi connectivity index (χ0v) is 11.8. The molecule has 0 atom stereocenters. The van der Waals surface area contributed by atoms with Gasteiger partial charge in [-0.05, 0) is 35.8 Å². The smallest absolute Gasteiger partial charge is 0.317 e. The Bertz CT molecular complexity index is 421. The first-order valence-electron chi connectivity index (χ1n) is 7.07. The summed E-state index contributed by atoms with van der Waals surface area (Å²) in [5.74, 6) is 0.500. The molecule has 2 rings (SSSR count). The first kappa shape index (κ1) is 14.1. The maximum atomic E-state index is 10.9. The Balaban J connectivity index is 1.96. The first-order chi connectivity index (χ1) is 9.04. The van der Waals surface area contributed by atoms with Gasteiger partial charge in [-0.2, -0.15) is 0 Å². The average Bonchev–Trinajstić information content (AvgIpc) is 3.12. The van der Waals surface area contributed by atoms with Crippen molar-refractivity contribution in [3.05, 3.63) is 35.4 Å². The van der Waals surface area contributed by atoms with Gasteiger partial charge in [0.25, 0.3) is 0 Å². The maximum absolute atomic E-state index is 10.9. The number of hydrogen-bond donors (Lipinski definition) is 1. The van der Waals surface area contributed by atoms with Crippen molar-refractivity contribution in [3.8, 4) is 0 Å². The molecule has 0 aromatic heterocycles. The molecule has 1 aliphatic carbocycles. The highest BCUT2D eigenvalue weighted by Gasteiger charge is 2.23. The van der Waals surface area contributed by atoms with Crippen LogP contribution in [0, 0.1) is 5.92 Å². The maximum Gasteiger partial charge on any atom is 0.317 e. The van der Waals surface area contributed by atoms with Crippen molar-refractivity contribution in [2.45, 2.75) is 39.2 Å². The van der Waals surface area contributed by atoms with Crippen molar-refractivity contribution >= 4 is 5.97 Å². The van der Waals surface area contributed by atoms with Crippen molar-refractivity contribution in [3.63, 3.8) is 0 Å². The fourth-order valence-electron chi connectivity index (χ4n) is 2.46. The van der Waals surface area contributed by atoms with Gasteiger partial charge in [0.2, 0.25) is 0 Å². The van der Waals surface area contributed by atoms with E-state index in [1.165, 1.54) is 24.0 Å². The molecule has 1 N–H and O–H groups in total. The normalized spacial score (nSPS) is 15.2. The van der Waals surface area contributed by atoms with E-state index >= 15 is 0 Å². The molecule has 0 bridgehead atoms. The van der Waals surface area contributed by atoms with E-state index in [1.807, 2.05) is 4.90 Å². The molecule has 0 radical (unpaired) electrons. The van der Waals surface area contributed by atoms with Gasteiger partial charge >= 0.3 is 5.97 Å². The van der Waals surface area contributed by atoms with Crippen LogP contribution in [0.15, 0.2) is 24.3 Å². The van der Waals surface area contributed by atoms with E-state index in [0.717, 1.165) is 19.0 Å². The van der Waals surface area contributed by atoms with E-state index in [4.69, 9.17) is 5.11 Å². The van der Waals surface area contributed by atoms with Crippen LogP contribution in [-0.4, -0.2) is 29.1 Å². The highest BCUT2D eigenvalue weighted by molar-refractivity contribution is 5.69. The summed E-state index contributed by atoms with van der Waals surface area (Å²) >= 11 is 0. The number of rotatable bonds is 7. The quantitative estimate of drug-likeness (QED) is 0.820. The third kappa shape index (κ3) is 4.67. The summed E-state index contributed by atoms with van der Waals surface area (Å²) in [5, 5.41) is 8.96. The van der Waals surface area contributed by atoms with Crippen LogP contribution in [0.1, 0.15) is 43.7 Å². The molecule has 1 aliphatic rings. The van der Waals surface area contributed by atoms with E-state index in [-0.39, 0.29) is 6.54 Å². The van der Waals surface area contributed by atoms with Gasteiger partial charge in [0.05, 0.1) is 6.54 Å². The molecule has 1 aromatic rings. The van der Waals surface area contributed by atoms with Gasteiger partial charge in [0.15, 0.2) is 0 Å². The Morgan fingerprint density at radius 1 is 1.32 bits per heavy atom. The van der Waals surface area contributed by atoms with E-state index < -0.39 is 5.97 Å². The minimum Gasteiger partial charge on any atom is -0.480 e. The summed E-state index contributed by atoms with van der Waals surface area (Å²) in [6.45, 7) is 5.88. The standard InChI is InChI=1S/C16H23NO2/c1-12(2)9-17(11-16(18)19)10-13-3-5-14(6-4-13)15-7-8-15/h3-6,12,15H,7-11H2,1-2H3,(H,18,19). The molecule has 0 unspecified atom stereocenters. The molecule has 104 valence electrons. The number of carboxylic acid groups (broad SMARTS) is 1. The summed E-state index contributed by atoms with van der Waals surface area (Å²) in [6.07, 6.45) is 2.63. The van der Waals surface area contributed by atoms with Crippen LogP contribution in [0.2, 0.25) is 0 Å². The Labute approximate surface area is 115 Å². The monoisotopic (exact) mass is 261 g/mol. The van der Waals surface area contributed by atoms with Crippen LogP contribution >= 0.6 is 0 Å². The molecule has 1 fully saturated rings. The van der Waals surface area contributed by atoms with Gasteiger partial charge in [-0.1, -0.05) is 38.1 Å². The summed E-state index contributed by atoms with van der Waals surface area (Å²) in [5.41, 5.74) is 2.63. The van der Waals surface area contributed by atoms with Crippen molar-refractivity contribution in [2.24, 2.45) is 5.92 Å². The van der Waals surface area contributed by atoms with Gasteiger partial charge < -0.3 is 5.11 Å². The summed E-state index contributed by atoms with van der Waals surface area (Å²) in [6, 6.07) is 8.67. The highest BCUT2D eigenvalue weighted by Crippen LogP contribution is 2.39. The minimum absolute atomic E-state index is 0.114. The third-order valence-corrected chi connectivity index (χ3v) is 3.42. The molecule has 0 aliphatic heterocycles. The van der Waals surface area contributed by atoms with E-state index in [2.05, 4.69) is 38.1 Å². The molecule has 0 spiro atoms. The summed E-state index contributed by atoms with van der Waals surface area (Å²) < 4.78 is 0. The zero-order chi connectivity index (χ0) is 13.8. The molecule has 1 aromatic carbocycles.